The number of alkyl halides is 1. The van der Waals surface area contributed by atoms with E-state index in [-0.39, 0.29) is 5.03 Å². The van der Waals surface area contributed by atoms with Gasteiger partial charge in [-0.2, -0.15) is 5.10 Å². The first-order valence-corrected chi connectivity index (χ1v) is 7.72. The predicted octanol–water partition coefficient (Wildman–Crippen LogP) is 1.29. The van der Waals surface area contributed by atoms with Gasteiger partial charge >= 0.3 is 0 Å². The fourth-order valence-corrected chi connectivity index (χ4v) is 2.59. The van der Waals surface area contributed by atoms with Crippen molar-refractivity contribution >= 4 is 32.6 Å². The molecule has 0 aliphatic rings. The predicted molar refractivity (Wildman–Crippen MR) is 66.5 cm³/mol. The number of unbranched alkanes of at least 4 members (excludes halogenated alkanes) is 2. The topological polar surface area (TPSA) is 74.8 Å². The van der Waals surface area contributed by atoms with Crippen LogP contribution in [0.5, 0.6) is 0 Å². The molecule has 15 heavy (non-hydrogen) atoms. The van der Waals surface area contributed by atoms with Gasteiger partial charge in [0.15, 0.2) is 5.03 Å². The maximum absolute atomic E-state index is 11.5. The molecule has 1 aromatic rings. The minimum absolute atomic E-state index is 0.122. The minimum Gasteiger partial charge on any atom is -0.266 e. The highest BCUT2D eigenvalue weighted by atomic mass is 127. The molecule has 0 spiro atoms. The Bertz CT molecular complexity index is 363. The Balaban J connectivity index is 2.32. The summed E-state index contributed by atoms with van der Waals surface area (Å²) in [5.74, 6) is 0. The Morgan fingerprint density at radius 2 is 2.20 bits per heavy atom. The molecular weight excluding hydrogens is 329 g/mol. The minimum atomic E-state index is -3.37. The van der Waals surface area contributed by atoms with E-state index in [0.29, 0.717) is 6.54 Å². The molecule has 7 heteroatoms. The van der Waals surface area contributed by atoms with Crippen molar-refractivity contribution in [1.82, 2.24) is 14.9 Å². The zero-order chi connectivity index (χ0) is 11.1. The Labute approximate surface area is 103 Å². The van der Waals surface area contributed by atoms with Gasteiger partial charge in [-0.05, 0) is 23.3 Å². The SMILES string of the molecule is O=S(=O)(NCCCCCI)c1ccn[nH]1. The van der Waals surface area contributed by atoms with Crippen LogP contribution in [0, 0.1) is 0 Å². The van der Waals surface area contributed by atoms with Gasteiger partial charge in [0.1, 0.15) is 0 Å². The van der Waals surface area contributed by atoms with Crippen molar-refractivity contribution in [3.8, 4) is 0 Å². The third kappa shape index (κ3) is 4.47. The molecule has 5 nitrogen and oxygen atoms in total. The summed E-state index contributed by atoms with van der Waals surface area (Å²) in [7, 11) is -3.37. The molecule has 1 rings (SSSR count). The number of aromatic nitrogens is 2. The van der Waals surface area contributed by atoms with E-state index in [2.05, 4.69) is 37.5 Å². The number of aromatic amines is 1. The number of nitrogens with one attached hydrogen (secondary N) is 2. The molecule has 2 N–H and O–H groups in total. The number of halogens is 1. The number of sulfonamides is 1. The summed E-state index contributed by atoms with van der Waals surface area (Å²) in [4.78, 5) is 0. The van der Waals surface area contributed by atoms with Gasteiger partial charge in [0, 0.05) is 6.54 Å². The summed E-state index contributed by atoms with van der Waals surface area (Å²) < 4.78 is 26.7. The van der Waals surface area contributed by atoms with E-state index in [1.54, 1.807) is 0 Å². The number of H-pyrrole nitrogens is 1. The van der Waals surface area contributed by atoms with Crippen molar-refractivity contribution in [2.45, 2.75) is 24.3 Å². The highest BCUT2D eigenvalue weighted by Crippen LogP contribution is 2.03. The fourth-order valence-electron chi connectivity index (χ4n) is 1.07. The standard InChI is InChI=1S/C8H14IN3O2S/c9-5-2-1-3-6-11-15(13,14)8-4-7-10-12-8/h4,7,11H,1-3,5-6H2,(H,10,12). The van der Waals surface area contributed by atoms with Crippen molar-refractivity contribution in [1.29, 1.82) is 0 Å². The first-order chi connectivity index (χ1) is 7.17. The quantitative estimate of drug-likeness (QED) is 0.445. The number of rotatable bonds is 7. The van der Waals surface area contributed by atoms with Crippen molar-refractivity contribution in [3.63, 3.8) is 0 Å². The molecule has 0 bridgehead atoms. The molecule has 0 amide bonds. The van der Waals surface area contributed by atoms with E-state index in [9.17, 15) is 8.42 Å². The Morgan fingerprint density at radius 3 is 2.80 bits per heavy atom. The van der Waals surface area contributed by atoms with Gasteiger partial charge in [-0.3, -0.25) is 5.10 Å². The van der Waals surface area contributed by atoms with E-state index in [1.807, 2.05) is 0 Å². The average molecular weight is 343 g/mol. The van der Waals surface area contributed by atoms with Crippen LogP contribution in [0.2, 0.25) is 0 Å². The third-order valence-electron chi connectivity index (χ3n) is 1.87. The highest BCUT2D eigenvalue weighted by Gasteiger charge is 2.13. The average Bonchev–Trinajstić information content (AvgIpc) is 2.70. The lowest BCUT2D eigenvalue weighted by atomic mass is 10.3. The monoisotopic (exact) mass is 343 g/mol. The molecule has 1 heterocycles. The van der Waals surface area contributed by atoms with Gasteiger partial charge in [-0.1, -0.05) is 29.0 Å². The van der Waals surface area contributed by atoms with E-state index in [0.717, 1.165) is 23.7 Å². The number of hydrogen-bond acceptors (Lipinski definition) is 3. The van der Waals surface area contributed by atoms with Crippen LogP contribution in [-0.4, -0.2) is 29.6 Å². The molecule has 0 saturated carbocycles. The van der Waals surface area contributed by atoms with Gasteiger partial charge in [-0.15, -0.1) is 0 Å². The van der Waals surface area contributed by atoms with Crippen LogP contribution in [0.1, 0.15) is 19.3 Å². The Hall–Kier alpha value is -0.150. The molecule has 86 valence electrons. The molecule has 0 fully saturated rings. The second kappa shape index (κ2) is 6.44. The summed E-state index contributed by atoms with van der Waals surface area (Å²) in [6, 6.07) is 1.44. The van der Waals surface area contributed by atoms with Crippen molar-refractivity contribution < 1.29 is 8.42 Å². The molecule has 0 unspecified atom stereocenters. The zero-order valence-electron chi connectivity index (χ0n) is 8.24. The molecule has 0 aromatic carbocycles. The van der Waals surface area contributed by atoms with Crippen LogP contribution < -0.4 is 4.72 Å². The van der Waals surface area contributed by atoms with Crippen molar-refractivity contribution in [3.05, 3.63) is 12.3 Å². The fraction of sp³-hybridized carbons (Fsp3) is 0.625. The number of hydrogen-bond donors (Lipinski definition) is 2. The lowest BCUT2D eigenvalue weighted by Crippen LogP contribution is -2.25. The second-order valence-corrected chi connectivity index (χ2v) is 5.88. The van der Waals surface area contributed by atoms with Gasteiger partial charge in [0.2, 0.25) is 0 Å². The molecular formula is C8H14IN3O2S. The van der Waals surface area contributed by atoms with Crippen LogP contribution in [0.3, 0.4) is 0 Å². The zero-order valence-corrected chi connectivity index (χ0v) is 11.2. The van der Waals surface area contributed by atoms with Gasteiger partial charge in [-0.25, -0.2) is 13.1 Å². The molecule has 0 aliphatic heterocycles. The summed E-state index contributed by atoms with van der Waals surface area (Å²) >= 11 is 2.31. The van der Waals surface area contributed by atoms with Crippen LogP contribution in [0.25, 0.3) is 0 Å². The van der Waals surface area contributed by atoms with Crippen LogP contribution in [-0.2, 0) is 10.0 Å². The van der Waals surface area contributed by atoms with E-state index < -0.39 is 10.0 Å². The van der Waals surface area contributed by atoms with Crippen LogP contribution in [0.15, 0.2) is 17.3 Å². The van der Waals surface area contributed by atoms with E-state index in [4.69, 9.17) is 0 Å². The van der Waals surface area contributed by atoms with Crippen LogP contribution >= 0.6 is 22.6 Å². The summed E-state index contributed by atoms with van der Waals surface area (Å²) in [5.41, 5.74) is 0. The lowest BCUT2D eigenvalue weighted by Gasteiger charge is -2.03. The summed E-state index contributed by atoms with van der Waals surface area (Å²) in [6.45, 7) is 0.484. The third-order valence-corrected chi connectivity index (χ3v) is 4.02. The van der Waals surface area contributed by atoms with Gasteiger partial charge in [0.05, 0.1) is 6.20 Å². The van der Waals surface area contributed by atoms with E-state index >= 15 is 0 Å². The smallest absolute Gasteiger partial charge is 0.257 e. The first kappa shape index (κ1) is 12.9. The molecule has 0 radical (unpaired) electrons. The van der Waals surface area contributed by atoms with Crippen molar-refractivity contribution in [2.75, 3.05) is 11.0 Å². The second-order valence-electron chi connectivity index (χ2n) is 3.07. The maximum Gasteiger partial charge on any atom is 0.257 e. The molecule has 0 aliphatic carbocycles. The normalized spacial score (nSPS) is 11.8. The van der Waals surface area contributed by atoms with Gasteiger partial charge < -0.3 is 0 Å². The van der Waals surface area contributed by atoms with E-state index in [1.165, 1.54) is 12.3 Å². The first-order valence-electron chi connectivity index (χ1n) is 4.72. The van der Waals surface area contributed by atoms with Crippen molar-refractivity contribution in [2.24, 2.45) is 0 Å². The molecule has 1 aromatic heterocycles. The Morgan fingerprint density at radius 1 is 1.40 bits per heavy atom. The maximum atomic E-state index is 11.5. The Kier molecular flexibility index (Phi) is 5.54. The summed E-state index contributed by atoms with van der Waals surface area (Å²) in [6.07, 6.45) is 4.47. The van der Waals surface area contributed by atoms with Gasteiger partial charge in [0.25, 0.3) is 10.0 Å². The van der Waals surface area contributed by atoms with Crippen LogP contribution in [0.4, 0.5) is 0 Å². The lowest BCUT2D eigenvalue weighted by molar-refractivity contribution is 0.572. The molecule has 0 atom stereocenters. The number of nitrogens with zero attached hydrogens (tertiary/aromatic N) is 1. The largest absolute Gasteiger partial charge is 0.266 e. The summed E-state index contributed by atoms with van der Waals surface area (Å²) in [5, 5.41) is 6.15. The molecule has 0 saturated heterocycles. The highest BCUT2D eigenvalue weighted by molar-refractivity contribution is 14.1.